The lowest BCUT2D eigenvalue weighted by molar-refractivity contribution is 0.0730. The molecule has 0 bridgehead atoms. The third-order valence-electron chi connectivity index (χ3n) is 5.30. The fourth-order valence-corrected chi connectivity index (χ4v) is 3.96. The van der Waals surface area contributed by atoms with Crippen LogP contribution in [0.5, 0.6) is 11.5 Å². The summed E-state index contributed by atoms with van der Waals surface area (Å²) in [4.78, 5) is 19.6. The zero-order chi connectivity index (χ0) is 18.4. The average molecular weight is 363 g/mol. The highest BCUT2D eigenvalue weighted by Gasteiger charge is 2.32. The minimum Gasteiger partial charge on any atom is -0.486 e. The number of ether oxygens (including phenoxy) is 2. The summed E-state index contributed by atoms with van der Waals surface area (Å²) < 4.78 is 13.2. The largest absolute Gasteiger partial charge is 0.486 e. The van der Waals surface area contributed by atoms with Crippen molar-refractivity contribution in [2.75, 3.05) is 19.8 Å². The molecule has 0 radical (unpaired) electrons. The van der Waals surface area contributed by atoms with Gasteiger partial charge in [-0.25, -0.2) is 4.98 Å². The number of benzene rings is 1. The van der Waals surface area contributed by atoms with Gasteiger partial charge in [-0.15, -0.1) is 0 Å². The molecule has 2 aliphatic rings. The third kappa shape index (κ3) is 2.81. The van der Waals surface area contributed by atoms with Gasteiger partial charge in [0.25, 0.3) is 5.91 Å². The Labute approximate surface area is 157 Å². The Morgan fingerprint density at radius 2 is 2.00 bits per heavy atom. The minimum absolute atomic E-state index is 0.0197. The topological polar surface area (TPSA) is 56.1 Å². The lowest BCUT2D eigenvalue weighted by Crippen LogP contribution is -2.31. The molecule has 6 heteroatoms. The molecule has 5 rings (SSSR count). The molecule has 0 spiro atoms. The van der Waals surface area contributed by atoms with Gasteiger partial charge in [0.1, 0.15) is 24.6 Å². The lowest BCUT2D eigenvalue weighted by Gasteiger charge is -2.26. The molecule has 0 saturated carbocycles. The molecule has 1 saturated heterocycles. The standard InChI is InChI=1S/C21H21N3O3/c1-14-6-8-23-13-16(22-20(23)11-14)21(25)24-7-2-3-17(24)15-4-5-18-19(12-15)27-10-9-26-18/h4-6,8,11-13,17H,2-3,7,9-10H2,1H3. The van der Waals surface area contributed by atoms with E-state index in [0.717, 1.165) is 47.7 Å². The van der Waals surface area contributed by atoms with Gasteiger partial charge in [0.05, 0.1) is 6.04 Å². The molecule has 1 fully saturated rings. The van der Waals surface area contributed by atoms with Gasteiger partial charge in [0.2, 0.25) is 0 Å². The Morgan fingerprint density at radius 1 is 1.15 bits per heavy atom. The molecule has 1 atom stereocenters. The number of hydrogen-bond acceptors (Lipinski definition) is 4. The first-order chi connectivity index (χ1) is 13.2. The van der Waals surface area contributed by atoms with E-state index < -0.39 is 0 Å². The van der Waals surface area contributed by atoms with Crippen LogP contribution in [0.15, 0.2) is 42.7 Å². The van der Waals surface area contributed by atoms with Crippen LogP contribution in [0.1, 0.15) is 40.5 Å². The van der Waals surface area contributed by atoms with Crippen LogP contribution in [-0.4, -0.2) is 40.0 Å². The molecule has 4 heterocycles. The summed E-state index contributed by atoms with van der Waals surface area (Å²) in [5.41, 5.74) is 3.51. The van der Waals surface area contributed by atoms with E-state index >= 15 is 0 Å². The zero-order valence-corrected chi connectivity index (χ0v) is 15.2. The Kier molecular flexibility index (Phi) is 3.77. The Balaban J connectivity index is 1.45. The van der Waals surface area contributed by atoms with Crippen LogP contribution in [0.3, 0.4) is 0 Å². The Morgan fingerprint density at radius 3 is 2.89 bits per heavy atom. The summed E-state index contributed by atoms with van der Waals surface area (Å²) in [7, 11) is 0. The summed E-state index contributed by atoms with van der Waals surface area (Å²) >= 11 is 0. The van der Waals surface area contributed by atoms with Crippen LogP contribution in [-0.2, 0) is 0 Å². The summed E-state index contributed by atoms with van der Waals surface area (Å²) in [5, 5.41) is 0. The molecule has 0 N–H and O–H groups in total. The number of amides is 1. The maximum absolute atomic E-state index is 13.2. The van der Waals surface area contributed by atoms with Crippen molar-refractivity contribution in [3.8, 4) is 11.5 Å². The van der Waals surface area contributed by atoms with E-state index in [4.69, 9.17) is 9.47 Å². The van der Waals surface area contributed by atoms with Crippen LogP contribution in [0.2, 0.25) is 0 Å². The summed E-state index contributed by atoms with van der Waals surface area (Å²) in [6, 6.07) is 10.0. The number of aromatic nitrogens is 2. The monoisotopic (exact) mass is 363 g/mol. The van der Waals surface area contributed by atoms with Gasteiger partial charge in [-0.3, -0.25) is 4.79 Å². The third-order valence-corrected chi connectivity index (χ3v) is 5.30. The van der Waals surface area contributed by atoms with Crippen LogP contribution < -0.4 is 9.47 Å². The van der Waals surface area contributed by atoms with Crippen molar-refractivity contribution in [2.45, 2.75) is 25.8 Å². The fraction of sp³-hybridized carbons (Fsp3) is 0.333. The second-order valence-electron chi connectivity index (χ2n) is 7.16. The number of likely N-dealkylation sites (tertiary alicyclic amines) is 1. The predicted molar refractivity (Wildman–Crippen MR) is 100 cm³/mol. The Hall–Kier alpha value is -3.02. The van der Waals surface area contributed by atoms with Crippen molar-refractivity contribution in [1.29, 1.82) is 0 Å². The number of carbonyl (C=O) groups is 1. The summed E-state index contributed by atoms with van der Waals surface area (Å²) in [5.74, 6) is 1.52. The predicted octanol–water partition coefficient (Wildman–Crippen LogP) is 3.39. The van der Waals surface area contributed by atoms with Gasteiger partial charge in [-0.2, -0.15) is 0 Å². The van der Waals surface area contributed by atoms with Crippen LogP contribution in [0.4, 0.5) is 0 Å². The molecular formula is C21H21N3O3. The first-order valence-electron chi connectivity index (χ1n) is 9.35. The summed E-state index contributed by atoms with van der Waals surface area (Å²) in [6.45, 7) is 3.90. The van der Waals surface area contributed by atoms with Crippen molar-refractivity contribution in [2.24, 2.45) is 0 Å². The molecule has 1 aromatic carbocycles. The van der Waals surface area contributed by atoms with Crippen LogP contribution >= 0.6 is 0 Å². The van der Waals surface area contributed by atoms with Gasteiger partial charge >= 0.3 is 0 Å². The van der Waals surface area contributed by atoms with Crippen molar-refractivity contribution >= 4 is 11.6 Å². The van der Waals surface area contributed by atoms with E-state index in [-0.39, 0.29) is 11.9 Å². The molecular weight excluding hydrogens is 342 g/mol. The number of imidazole rings is 1. The number of rotatable bonds is 2. The maximum Gasteiger partial charge on any atom is 0.274 e. The molecule has 138 valence electrons. The van der Waals surface area contributed by atoms with Gasteiger partial charge in [-0.1, -0.05) is 6.07 Å². The molecule has 0 aliphatic carbocycles. The highest BCUT2D eigenvalue weighted by Crippen LogP contribution is 2.38. The second-order valence-corrected chi connectivity index (χ2v) is 7.16. The van der Waals surface area contributed by atoms with Gasteiger partial charge < -0.3 is 18.8 Å². The van der Waals surface area contributed by atoms with Gasteiger partial charge in [0, 0.05) is 18.9 Å². The number of aryl methyl sites for hydroxylation is 1. The van der Waals surface area contributed by atoms with Crippen molar-refractivity contribution in [3.63, 3.8) is 0 Å². The lowest BCUT2D eigenvalue weighted by atomic mass is 10.0. The van der Waals surface area contributed by atoms with E-state index in [1.54, 1.807) is 0 Å². The number of carbonyl (C=O) groups excluding carboxylic acids is 1. The Bertz CT molecular complexity index is 1030. The number of pyridine rings is 1. The molecule has 6 nitrogen and oxygen atoms in total. The molecule has 2 aromatic heterocycles. The summed E-state index contributed by atoms with van der Waals surface area (Å²) in [6.07, 6.45) is 5.68. The smallest absolute Gasteiger partial charge is 0.274 e. The molecule has 2 aliphatic heterocycles. The first kappa shape index (κ1) is 16.2. The van der Waals surface area contributed by atoms with Crippen molar-refractivity contribution in [1.82, 2.24) is 14.3 Å². The number of hydrogen-bond donors (Lipinski definition) is 0. The SMILES string of the molecule is Cc1ccn2cc(C(=O)N3CCCC3c3ccc4c(c3)OCCO4)nc2c1. The average Bonchev–Trinajstić information content (AvgIpc) is 3.33. The number of fused-ring (bicyclic) bond motifs is 2. The van der Waals surface area contributed by atoms with E-state index in [1.165, 1.54) is 0 Å². The van der Waals surface area contributed by atoms with E-state index in [0.29, 0.717) is 18.9 Å². The second kappa shape index (κ2) is 6.30. The van der Waals surface area contributed by atoms with Crippen LogP contribution in [0, 0.1) is 6.92 Å². The highest BCUT2D eigenvalue weighted by atomic mass is 16.6. The van der Waals surface area contributed by atoms with E-state index in [2.05, 4.69) is 4.98 Å². The molecule has 3 aromatic rings. The normalized spacial score (nSPS) is 18.9. The molecule has 27 heavy (non-hydrogen) atoms. The van der Waals surface area contributed by atoms with Crippen molar-refractivity contribution < 1.29 is 14.3 Å². The van der Waals surface area contributed by atoms with Crippen LogP contribution in [0.25, 0.3) is 5.65 Å². The van der Waals surface area contributed by atoms with Crippen molar-refractivity contribution in [3.05, 3.63) is 59.5 Å². The molecule has 1 unspecified atom stereocenters. The van der Waals surface area contributed by atoms with E-state index in [9.17, 15) is 4.79 Å². The highest BCUT2D eigenvalue weighted by molar-refractivity contribution is 5.93. The van der Waals surface area contributed by atoms with Gasteiger partial charge in [-0.05, 0) is 55.2 Å². The number of nitrogens with zero attached hydrogens (tertiary/aromatic N) is 3. The fourth-order valence-electron chi connectivity index (χ4n) is 3.96. The molecule has 1 amide bonds. The minimum atomic E-state index is -0.0197. The maximum atomic E-state index is 13.2. The quantitative estimate of drug-likeness (QED) is 0.700. The first-order valence-corrected chi connectivity index (χ1v) is 9.35. The van der Waals surface area contributed by atoms with Gasteiger partial charge in [0.15, 0.2) is 11.5 Å². The van der Waals surface area contributed by atoms with E-state index in [1.807, 2.05) is 58.9 Å². The zero-order valence-electron chi connectivity index (χ0n) is 15.2.